The molecule has 0 saturated carbocycles. The Morgan fingerprint density at radius 1 is 1.56 bits per heavy atom. The fourth-order valence-electron chi connectivity index (χ4n) is 1.37. The van der Waals surface area contributed by atoms with E-state index in [2.05, 4.69) is 37.1 Å². The van der Waals surface area contributed by atoms with Crippen LogP contribution in [0.4, 0.5) is 10.8 Å². The Kier molecular flexibility index (Phi) is 4.47. The van der Waals surface area contributed by atoms with Gasteiger partial charge in [-0.3, -0.25) is 0 Å². The van der Waals surface area contributed by atoms with Crippen LogP contribution in [0.5, 0.6) is 5.75 Å². The highest BCUT2D eigenvalue weighted by Gasteiger charge is 2.14. The SMILES string of the molecule is CC(C)Oc1c(N)nsc1NCc1cc(Br)cs1. The predicted octanol–water partition coefficient (Wildman–Crippen LogP) is 3.95. The van der Waals surface area contributed by atoms with Gasteiger partial charge in [-0.2, -0.15) is 4.37 Å². The Morgan fingerprint density at radius 3 is 2.94 bits per heavy atom. The second kappa shape index (κ2) is 5.90. The number of hydrogen-bond acceptors (Lipinski definition) is 6. The molecule has 0 fully saturated rings. The Morgan fingerprint density at radius 2 is 2.33 bits per heavy atom. The van der Waals surface area contributed by atoms with Gasteiger partial charge in [0.15, 0.2) is 16.6 Å². The van der Waals surface area contributed by atoms with Crippen LogP contribution in [-0.4, -0.2) is 10.5 Å². The minimum Gasteiger partial charge on any atom is -0.484 e. The van der Waals surface area contributed by atoms with Gasteiger partial charge >= 0.3 is 0 Å². The van der Waals surface area contributed by atoms with Gasteiger partial charge < -0.3 is 15.8 Å². The number of anilines is 2. The van der Waals surface area contributed by atoms with Gasteiger partial charge in [0.2, 0.25) is 0 Å². The number of nitrogen functional groups attached to an aromatic ring is 1. The molecule has 98 valence electrons. The normalized spacial score (nSPS) is 10.9. The van der Waals surface area contributed by atoms with Crippen LogP contribution >= 0.6 is 38.8 Å². The number of nitrogens with one attached hydrogen (secondary N) is 1. The molecule has 0 bridgehead atoms. The van der Waals surface area contributed by atoms with Gasteiger partial charge in [0, 0.05) is 14.7 Å². The van der Waals surface area contributed by atoms with E-state index in [0.717, 1.165) is 16.0 Å². The van der Waals surface area contributed by atoms with E-state index < -0.39 is 0 Å². The molecule has 0 radical (unpaired) electrons. The summed E-state index contributed by atoms with van der Waals surface area (Å²) < 4.78 is 10.9. The lowest BCUT2D eigenvalue weighted by Gasteiger charge is -2.11. The van der Waals surface area contributed by atoms with Crippen molar-refractivity contribution in [3.8, 4) is 5.75 Å². The molecule has 7 heteroatoms. The van der Waals surface area contributed by atoms with Crippen LogP contribution in [-0.2, 0) is 6.54 Å². The van der Waals surface area contributed by atoms with Crippen LogP contribution in [0, 0.1) is 0 Å². The van der Waals surface area contributed by atoms with E-state index in [4.69, 9.17) is 10.5 Å². The Labute approximate surface area is 122 Å². The first kappa shape index (κ1) is 13.6. The summed E-state index contributed by atoms with van der Waals surface area (Å²) in [5, 5.41) is 6.25. The average Bonchev–Trinajstić information content (AvgIpc) is 2.85. The first-order valence-electron chi connectivity index (χ1n) is 5.45. The maximum atomic E-state index is 5.79. The van der Waals surface area contributed by atoms with Crippen molar-refractivity contribution in [2.45, 2.75) is 26.5 Å². The van der Waals surface area contributed by atoms with E-state index in [9.17, 15) is 0 Å². The van der Waals surface area contributed by atoms with Gasteiger partial charge in [-0.15, -0.1) is 11.3 Å². The van der Waals surface area contributed by atoms with Crippen molar-refractivity contribution >= 4 is 49.6 Å². The van der Waals surface area contributed by atoms with Gasteiger partial charge in [-0.1, -0.05) is 0 Å². The molecule has 18 heavy (non-hydrogen) atoms. The molecular formula is C11H14BrN3OS2. The molecule has 0 amide bonds. The fraction of sp³-hybridized carbons (Fsp3) is 0.364. The smallest absolute Gasteiger partial charge is 0.197 e. The molecule has 3 N–H and O–H groups in total. The molecular weight excluding hydrogens is 334 g/mol. The molecule has 0 atom stereocenters. The number of nitrogens with zero attached hydrogens (tertiary/aromatic N) is 1. The molecule has 0 unspecified atom stereocenters. The first-order chi connectivity index (χ1) is 8.56. The Bertz CT molecular complexity index is 524. The summed E-state index contributed by atoms with van der Waals surface area (Å²) in [4.78, 5) is 1.24. The van der Waals surface area contributed by atoms with Crippen molar-refractivity contribution < 1.29 is 4.74 Å². The molecule has 2 heterocycles. The standard InChI is InChI=1S/C11H14BrN3OS2/c1-6(2)16-9-10(13)15-18-11(9)14-4-8-3-7(12)5-17-8/h3,5-6,14H,4H2,1-2H3,(H2,13,15). The number of ether oxygens (including phenoxy) is 1. The lowest BCUT2D eigenvalue weighted by atomic mass is 10.4. The molecule has 0 aromatic carbocycles. The largest absolute Gasteiger partial charge is 0.484 e. The average molecular weight is 348 g/mol. The van der Waals surface area contributed by atoms with Crippen molar-refractivity contribution in [2.24, 2.45) is 0 Å². The highest BCUT2D eigenvalue weighted by molar-refractivity contribution is 9.10. The highest BCUT2D eigenvalue weighted by atomic mass is 79.9. The van der Waals surface area contributed by atoms with E-state index in [0.29, 0.717) is 11.6 Å². The van der Waals surface area contributed by atoms with E-state index in [-0.39, 0.29) is 6.10 Å². The van der Waals surface area contributed by atoms with Gasteiger partial charge in [-0.25, -0.2) is 0 Å². The molecule has 0 spiro atoms. The molecule has 4 nitrogen and oxygen atoms in total. The van der Waals surface area contributed by atoms with E-state index in [1.54, 1.807) is 11.3 Å². The number of thiophene rings is 1. The number of nitrogens with two attached hydrogens (primary N) is 1. The summed E-state index contributed by atoms with van der Waals surface area (Å²) in [5.41, 5.74) is 5.79. The predicted molar refractivity (Wildman–Crippen MR) is 81.6 cm³/mol. The molecule has 0 saturated heterocycles. The third kappa shape index (κ3) is 3.37. The van der Waals surface area contributed by atoms with Gasteiger partial charge in [0.05, 0.1) is 12.6 Å². The van der Waals surface area contributed by atoms with Crippen molar-refractivity contribution in [3.63, 3.8) is 0 Å². The molecule has 0 aliphatic rings. The topological polar surface area (TPSA) is 60.2 Å². The zero-order chi connectivity index (χ0) is 13.1. The van der Waals surface area contributed by atoms with Crippen molar-refractivity contribution in [1.82, 2.24) is 4.37 Å². The molecule has 0 aliphatic carbocycles. The molecule has 2 aromatic heterocycles. The van der Waals surface area contributed by atoms with Gasteiger partial charge in [-0.05, 0) is 47.4 Å². The fourth-order valence-corrected chi connectivity index (χ4v) is 3.41. The monoisotopic (exact) mass is 347 g/mol. The quantitative estimate of drug-likeness (QED) is 0.859. The van der Waals surface area contributed by atoms with Gasteiger partial charge in [0.1, 0.15) is 0 Å². The third-order valence-electron chi connectivity index (χ3n) is 2.07. The lowest BCUT2D eigenvalue weighted by molar-refractivity contribution is 0.245. The summed E-state index contributed by atoms with van der Waals surface area (Å²) in [6, 6.07) is 2.09. The summed E-state index contributed by atoms with van der Waals surface area (Å²) in [5.74, 6) is 1.11. The molecule has 2 rings (SSSR count). The first-order valence-corrected chi connectivity index (χ1v) is 7.89. The molecule has 0 aliphatic heterocycles. The van der Waals surface area contributed by atoms with E-state index >= 15 is 0 Å². The summed E-state index contributed by atoms with van der Waals surface area (Å²) in [7, 11) is 0. The minimum absolute atomic E-state index is 0.0835. The maximum absolute atomic E-state index is 5.79. The summed E-state index contributed by atoms with van der Waals surface area (Å²) in [6.07, 6.45) is 0.0835. The van der Waals surface area contributed by atoms with Crippen molar-refractivity contribution in [2.75, 3.05) is 11.1 Å². The van der Waals surface area contributed by atoms with Crippen LogP contribution in [0.15, 0.2) is 15.9 Å². The highest BCUT2D eigenvalue weighted by Crippen LogP contribution is 2.36. The number of halogens is 1. The van der Waals surface area contributed by atoms with Crippen LogP contribution < -0.4 is 15.8 Å². The Hall–Kier alpha value is -0.790. The van der Waals surface area contributed by atoms with E-state index in [1.807, 2.05) is 13.8 Å². The minimum atomic E-state index is 0.0835. The second-order valence-corrected chi connectivity index (χ2v) is 6.66. The maximum Gasteiger partial charge on any atom is 0.197 e. The summed E-state index contributed by atoms with van der Waals surface area (Å²) >= 11 is 6.46. The van der Waals surface area contributed by atoms with Crippen LogP contribution in [0.25, 0.3) is 0 Å². The summed E-state index contributed by atoms with van der Waals surface area (Å²) in [6.45, 7) is 4.68. The zero-order valence-electron chi connectivity index (χ0n) is 10.1. The van der Waals surface area contributed by atoms with Crippen molar-refractivity contribution in [1.29, 1.82) is 0 Å². The van der Waals surface area contributed by atoms with E-state index in [1.165, 1.54) is 16.4 Å². The number of hydrogen-bond donors (Lipinski definition) is 2. The molecule has 2 aromatic rings. The zero-order valence-corrected chi connectivity index (χ0v) is 13.3. The Balaban J connectivity index is 2.05. The van der Waals surface area contributed by atoms with Crippen LogP contribution in [0.2, 0.25) is 0 Å². The third-order valence-corrected chi connectivity index (χ3v) is 4.57. The van der Waals surface area contributed by atoms with Crippen LogP contribution in [0.3, 0.4) is 0 Å². The number of rotatable bonds is 5. The second-order valence-electron chi connectivity index (χ2n) is 3.98. The van der Waals surface area contributed by atoms with Gasteiger partial charge in [0.25, 0.3) is 0 Å². The van der Waals surface area contributed by atoms with Crippen molar-refractivity contribution in [3.05, 3.63) is 20.8 Å². The number of aromatic nitrogens is 1. The van der Waals surface area contributed by atoms with Crippen LogP contribution in [0.1, 0.15) is 18.7 Å². The lowest BCUT2D eigenvalue weighted by Crippen LogP contribution is -2.08.